The lowest BCUT2D eigenvalue weighted by Gasteiger charge is -2.32. The van der Waals surface area contributed by atoms with Gasteiger partial charge in [0.05, 0.1) is 13.0 Å². The normalized spacial score (nSPS) is 17.5. The van der Waals surface area contributed by atoms with Crippen molar-refractivity contribution in [3.63, 3.8) is 0 Å². The molecule has 0 radical (unpaired) electrons. The van der Waals surface area contributed by atoms with Gasteiger partial charge in [-0.25, -0.2) is 4.39 Å². The van der Waals surface area contributed by atoms with Crippen molar-refractivity contribution < 1.29 is 13.9 Å². The van der Waals surface area contributed by atoms with Gasteiger partial charge in [-0.2, -0.15) is 0 Å². The first-order valence-electron chi connectivity index (χ1n) is 8.26. The van der Waals surface area contributed by atoms with Crippen molar-refractivity contribution in [1.29, 1.82) is 0 Å². The third kappa shape index (κ3) is 4.31. The number of ether oxygens (including phenoxy) is 1. The minimum absolute atomic E-state index is 0.122. The summed E-state index contributed by atoms with van der Waals surface area (Å²) in [5, 5.41) is 0. The Morgan fingerprint density at radius 2 is 2.04 bits per heavy atom. The van der Waals surface area contributed by atoms with E-state index in [1.54, 1.807) is 30.6 Å². The van der Waals surface area contributed by atoms with E-state index in [0.29, 0.717) is 19.6 Å². The van der Waals surface area contributed by atoms with E-state index in [0.717, 1.165) is 24.9 Å². The summed E-state index contributed by atoms with van der Waals surface area (Å²) in [5.74, 6) is 0.285. The maximum Gasteiger partial charge on any atom is 0.227 e. The average molecular weight is 328 g/mol. The van der Waals surface area contributed by atoms with Gasteiger partial charge in [-0.1, -0.05) is 12.1 Å². The Balaban J connectivity index is 1.52. The zero-order valence-electron chi connectivity index (χ0n) is 13.5. The molecule has 1 atom stereocenters. The Kier molecular flexibility index (Phi) is 5.41. The molecule has 126 valence electrons. The predicted molar refractivity (Wildman–Crippen MR) is 89.1 cm³/mol. The summed E-state index contributed by atoms with van der Waals surface area (Å²) in [6.45, 7) is 1.87. The number of halogens is 1. The van der Waals surface area contributed by atoms with E-state index in [9.17, 15) is 9.18 Å². The highest BCUT2D eigenvalue weighted by molar-refractivity contribution is 5.78. The van der Waals surface area contributed by atoms with Crippen molar-refractivity contribution in [1.82, 2.24) is 9.88 Å². The predicted octanol–water partition coefficient (Wildman–Crippen LogP) is 3.08. The van der Waals surface area contributed by atoms with E-state index in [1.807, 2.05) is 17.0 Å². The molecule has 0 bridgehead atoms. The summed E-state index contributed by atoms with van der Waals surface area (Å²) < 4.78 is 19.2. The Morgan fingerprint density at radius 3 is 2.83 bits per heavy atom. The van der Waals surface area contributed by atoms with Gasteiger partial charge in [-0.05, 0) is 42.7 Å². The van der Waals surface area contributed by atoms with E-state index < -0.39 is 0 Å². The molecule has 0 unspecified atom stereocenters. The average Bonchev–Trinajstić information content (AvgIpc) is 2.62. The lowest BCUT2D eigenvalue weighted by atomic mass is 9.98. The number of hydrogen-bond donors (Lipinski definition) is 0. The van der Waals surface area contributed by atoms with E-state index in [4.69, 9.17) is 4.74 Å². The summed E-state index contributed by atoms with van der Waals surface area (Å²) in [7, 11) is 0. The summed E-state index contributed by atoms with van der Waals surface area (Å²) >= 11 is 0. The molecule has 3 rings (SSSR count). The molecule has 1 aliphatic rings. The van der Waals surface area contributed by atoms with Crippen LogP contribution in [0.3, 0.4) is 0 Å². The molecule has 0 spiro atoms. The molecule has 1 aliphatic heterocycles. The second-order valence-corrected chi connectivity index (χ2v) is 6.12. The molecule has 2 heterocycles. The number of carbonyl (C=O) groups is 1. The molecule has 1 saturated heterocycles. The van der Waals surface area contributed by atoms with Gasteiger partial charge in [-0.3, -0.25) is 9.78 Å². The van der Waals surface area contributed by atoms with Crippen molar-refractivity contribution in [3.8, 4) is 5.75 Å². The molecular weight excluding hydrogens is 307 g/mol. The van der Waals surface area contributed by atoms with Gasteiger partial charge >= 0.3 is 0 Å². The molecule has 1 amide bonds. The number of carbonyl (C=O) groups excluding carboxylic acids is 1. The van der Waals surface area contributed by atoms with Crippen LogP contribution in [0.4, 0.5) is 4.39 Å². The van der Waals surface area contributed by atoms with Crippen LogP contribution in [0.2, 0.25) is 0 Å². The molecule has 0 N–H and O–H groups in total. The fourth-order valence-electron chi connectivity index (χ4n) is 2.98. The van der Waals surface area contributed by atoms with Gasteiger partial charge < -0.3 is 9.64 Å². The fourth-order valence-corrected chi connectivity index (χ4v) is 2.98. The standard InChI is InChI=1S/C19H21FN2O2/c20-17-5-1-2-6-18(17)24-14-16-4-3-11-22(13-16)19(23)12-15-7-9-21-10-8-15/h1-2,5-10,16H,3-4,11-14H2/t16-/m1/s1. The zero-order chi connectivity index (χ0) is 16.8. The zero-order valence-corrected chi connectivity index (χ0v) is 13.5. The Bertz CT molecular complexity index is 678. The Morgan fingerprint density at radius 1 is 1.25 bits per heavy atom. The third-order valence-electron chi connectivity index (χ3n) is 4.29. The SMILES string of the molecule is O=C(Cc1ccncc1)N1CCC[C@@H](COc2ccccc2F)C1. The van der Waals surface area contributed by atoms with Crippen LogP contribution < -0.4 is 4.74 Å². The number of aromatic nitrogens is 1. The van der Waals surface area contributed by atoms with E-state index in [-0.39, 0.29) is 23.4 Å². The minimum atomic E-state index is -0.348. The number of pyridine rings is 1. The Labute approximate surface area is 141 Å². The van der Waals surface area contributed by atoms with Crippen LogP contribution in [-0.2, 0) is 11.2 Å². The molecule has 5 heteroatoms. The van der Waals surface area contributed by atoms with Crippen molar-refractivity contribution in [2.24, 2.45) is 5.92 Å². The number of para-hydroxylation sites is 1. The van der Waals surface area contributed by atoms with Crippen LogP contribution in [0.1, 0.15) is 18.4 Å². The number of benzene rings is 1. The second kappa shape index (κ2) is 7.90. The second-order valence-electron chi connectivity index (χ2n) is 6.12. The Hall–Kier alpha value is -2.43. The molecule has 1 aromatic heterocycles. The lowest BCUT2D eigenvalue weighted by molar-refractivity contribution is -0.132. The van der Waals surface area contributed by atoms with Gasteiger partial charge in [0.25, 0.3) is 0 Å². The molecule has 24 heavy (non-hydrogen) atoms. The number of likely N-dealkylation sites (tertiary alicyclic amines) is 1. The van der Waals surface area contributed by atoms with E-state index in [1.165, 1.54) is 6.07 Å². The number of rotatable bonds is 5. The topological polar surface area (TPSA) is 42.4 Å². The van der Waals surface area contributed by atoms with Crippen LogP contribution in [0.5, 0.6) is 5.75 Å². The van der Waals surface area contributed by atoms with Gasteiger partial charge in [-0.15, -0.1) is 0 Å². The van der Waals surface area contributed by atoms with Crippen molar-refractivity contribution >= 4 is 5.91 Å². The van der Waals surface area contributed by atoms with Gasteiger partial charge in [0.15, 0.2) is 11.6 Å². The molecule has 0 saturated carbocycles. The molecule has 2 aromatic rings. The molecule has 1 fully saturated rings. The smallest absolute Gasteiger partial charge is 0.227 e. The van der Waals surface area contributed by atoms with Crippen molar-refractivity contribution in [3.05, 3.63) is 60.2 Å². The van der Waals surface area contributed by atoms with Gasteiger partial charge in [0.1, 0.15) is 0 Å². The van der Waals surface area contributed by atoms with Gasteiger partial charge in [0.2, 0.25) is 5.91 Å². The first kappa shape index (κ1) is 16.4. The highest BCUT2D eigenvalue weighted by atomic mass is 19.1. The highest BCUT2D eigenvalue weighted by Gasteiger charge is 2.24. The summed E-state index contributed by atoms with van der Waals surface area (Å²) in [6, 6.07) is 10.1. The molecule has 4 nitrogen and oxygen atoms in total. The lowest BCUT2D eigenvalue weighted by Crippen LogP contribution is -2.42. The first-order chi connectivity index (χ1) is 11.7. The summed E-state index contributed by atoms with van der Waals surface area (Å²) in [6.07, 6.45) is 5.73. The van der Waals surface area contributed by atoms with Crippen LogP contribution in [-0.4, -0.2) is 35.5 Å². The number of hydrogen-bond acceptors (Lipinski definition) is 3. The van der Waals surface area contributed by atoms with Crippen LogP contribution in [0.15, 0.2) is 48.8 Å². The quantitative estimate of drug-likeness (QED) is 0.847. The number of amides is 1. The maximum atomic E-state index is 13.6. The molecular formula is C19H21FN2O2. The number of piperidine rings is 1. The van der Waals surface area contributed by atoms with E-state index in [2.05, 4.69) is 4.98 Å². The van der Waals surface area contributed by atoms with Crippen molar-refractivity contribution in [2.45, 2.75) is 19.3 Å². The van der Waals surface area contributed by atoms with E-state index >= 15 is 0 Å². The molecule has 1 aromatic carbocycles. The monoisotopic (exact) mass is 328 g/mol. The van der Waals surface area contributed by atoms with Gasteiger partial charge in [0, 0.05) is 31.4 Å². The maximum absolute atomic E-state index is 13.6. The van der Waals surface area contributed by atoms with Crippen LogP contribution >= 0.6 is 0 Å². The van der Waals surface area contributed by atoms with Crippen LogP contribution in [0, 0.1) is 11.7 Å². The minimum Gasteiger partial charge on any atom is -0.490 e. The number of nitrogens with zero attached hydrogens (tertiary/aromatic N) is 2. The summed E-state index contributed by atoms with van der Waals surface area (Å²) in [4.78, 5) is 18.3. The van der Waals surface area contributed by atoms with Crippen molar-refractivity contribution in [2.75, 3.05) is 19.7 Å². The highest BCUT2D eigenvalue weighted by Crippen LogP contribution is 2.21. The van der Waals surface area contributed by atoms with Crippen LogP contribution in [0.25, 0.3) is 0 Å². The third-order valence-corrected chi connectivity index (χ3v) is 4.29. The fraction of sp³-hybridized carbons (Fsp3) is 0.368. The first-order valence-corrected chi connectivity index (χ1v) is 8.26. The largest absolute Gasteiger partial charge is 0.490 e. The summed E-state index contributed by atoms with van der Waals surface area (Å²) in [5.41, 5.74) is 0.972. The molecule has 0 aliphatic carbocycles.